The molecule has 0 bridgehead atoms. The van der Waals surface area contributed by atoms with Crippen LogP contribution in [0.3, 0.4) is 0 Å². The summed E-state index contributed by atoms with van der Waals surface area (Å²) in [5.41, 5.74) is 3.04. The van der Waals surface area contributed by atoms with E-state index in [0.717, 1.165) is 28.2 Å². The minimum absolute atomic E-state index is 0.519. The number of ether oxygens (including phenoxy) is 2. The number of rotatable bonds is 5. The Morgan fingerprint density at radius 1 is 0.950 bits per heavy atom. The van der Waals surface area contributed by atoms with E-state index in [2.05, 4.69) is 0 Å². The van der Waals surface area contributed by atoms with Gasteiger partial charge in [-0.05, 0) is 47.9 Å². The van der Waals surface area contributed by atoms with Crippen LogP contribution in [0.5, 0.6) is 11.5 Å². The second kappa shape index (κ2) is 6.44. The molecule has 0 aliphatic carbocycles. The van der Waals surface area contributed by atoms with E-state index in [1.807, 2.05) is 49.4 Å². The first-order valence-electron chi connectivity index (χ1n) is 6.59. The quantitative estimate of drug-likeness (QED) is 0.907. The summed E-state index contributed by atoms with van der Waals surface area (Å²) < 4.78 is 10.3. The smallest absolute Gasteiger partial charge is 0.119 e. The van der Waals surface area contributed by atoms with Crippen LogP contribution in [0.1, 0.15) is 22.8 Å². The zero-order valence-corrected chi connectivity index (χ0v) is 12.1. The molecule has 106 valence electrons. The van der Waals surface area contributed by atoms with E-state index in [0.29, 0.717) is 6.42 Å². The molecule has 0 aliphatic rings. The standard InChI is InChI=1S/C17H20O3/c1-12-10-15(20-3)8-9-16(12)17(18)11-13-4-6-14(19-2)7-5-13/h4-10,17-18H,11H2,1-3H3. The van der Waals surface area contributed by atoms with E-state index in [1.54, 1.807) is 14.2 Å². The van der Waals surface area contributed by atoms with Crippen molar-refractivity contribution in [1.82, 2.24) is 0 Å². The van der Waals surface area contributed by atoms with Gasteiger partial charge < -0.3 is 14.6 Å². The highest BCUT2D eigenvalue weighted by Gasteiger charge is 2.12. The van der Waals surface area contributed by atoms with E-state index in [4.69, 9.17) is 9.47 Å². The first-order chi connectivity index (χ1) is 9.63. The molecule has 0 aromatic heterocycles. The highest BCUT2D eigenvalue weighted by atomic mass is 16.5. The number of methoxy groups -OCH3 is 2. The lowest BCUT2D eigenvalue weighted by Crippen LogP contribution is -2.04. The third-order valence-corrected chi connectivity index (χ3v) is 3.42. The lowest BCUT2D eigenvalue weighted by Gasteiger charge is -2.15. The van der Waals surface area contributed by atoms with Crippen LogP contribution in [-0.4, -0.2) is 19.3 Å². The Bertz CT molecular complexity index is 561. The highest BCUT2D eigenvalue weighted by molar-refractivity contribution is 5.37. The number of aliphatic hydroxyl groups is 1. The fraction of sp³-hybridized carbons (Fsp3) is 0.294. The zero-order chi connectivity index (χ0) is 14.5. The molecule has 2 aromatic rings. The molecule has 0 fully saturated rings. The van der Waals surface area contributed by atoms with Crippen molar-refractivity contribution in [3.63, 3.8) is 0 Å². The fourth-order valence-corrected chi connectivity index (χ4v) is 2.24. The van der Waals surface area contributed by atoms with Gasteiger partial charge in [0, 0.05) is 6.42 Å². The first kappa shape index (κ1) is 14.4. The van der Waals surface area contributed by atoms with E-state index in [1.165, 1.54) is 0 Å². The van der Waals surface area contributed by atoms with Crippen LogP contribution in [-0.2, 0) is 6.42 Å². The van der Waals surface area contributed by atoms with Crippen LogP contribution in [0.25, 0.3) is 0 Å². The first-order valence-corrected chi connectivity index (χ1v) is 6.59. The number of benzene rings is 2. The van der Waals surface area contributed by atoms with Crippen LogP contribution in [0, 0.1) is 6.92 Å². The SMILES string of the molecule is COc1ccc(CC(O)c2ccc(OC)cc2C)cc1. The summed E-state index contributed by atoms with van der Waals surface area (Å²) in [6.45, 7) is 1.98. The van der Waals surface area contributed by atoms with Crippen molar-refractivity contribution in [2.24, 2.45) is 0 Å². The van der Waals surface area contributed by atoms with Crippen LogP contribution in [0.4, 0.5) is 0 Å². The van der Waals surface area contributed by atoms with Gasteiger partial charge in [-0.1, -0.05) is 18.2 Å². The molecule has 0 saturated carbocycles. The Balaban J connectivity index is 2.12. The van der Waals surface area contributed by atoms with Crippen molar-refractivity contribution in [3.8, 4) is 11.5 Å². The van der Waals surface area contributed by atoms with Gasteiger partial charge in [-0.25, -0.2) is 0 Å². The van der Waals surface area contributed by atoms with E-state index in [9.17, 15) is 5.11 Å². The largest absolute Gasteiger partial charge is 0.497 e. The average molecular weight is 272 g/mol. The lowest BCUT2D eigenvalue weighted by molar-refractivity contribution is 0.177. The summed E-state index contributed by atoms with van der Waals surface area (Å²) in [6, 6.07) is 13.5. The van der Waals surface area contributed by atoms with Gasteiger partial charge in [0.2, 0.25) is 0 Å². The molecule has 0 saturated heterocycles. The van der Waals surface area contributed by atoms with Gasteiger partial charge >= 0.3 is 0 Å². The molecule has 0 amide bonds. The van der Waals surface area contributed by atoms with Crippen molar-refractivity contribution >= 4 is 0 Å². The molecular formula is C17H20O3. The summed E-state index contributed by atoms with van der Waals surface area (Å²) in [5, 5.41) is 10.4. The number of aryl methyl sites for hydroxylation is 1. The molecule has 3 nitrogen and oxygen atoms in total. The predicted octanol–water partition coefficient (Wildman–Crippen LogP) is 3.29. The van der Waals surface area contributed by atoms with Crippen LogP contribution in [0.15, 0.2) is 42.5 Å². The van der Waals surface area contributed by atoms with Crippen molar-refractivity contribution in [1.29, 1.82) is 0 Å². The van der Waals surface area contributed by atoms with Gasteiger partial charge in [-0.15, -0.1) is 0 Å². The molecule has 0 radical (unpaired) electrons. The van der Waals surface area contributed by atoms with E-state index in [-0.39, 0.29) is 0 Å². The lowest BCUT2D eigenvalue weighted by atomic mass is 9.97. The maximum Gasteiger partial charge on any atom is 0.119 e. The maximum absolute atomic E-state index is 10.4. The summed E-state index contributed by atoms with van der Waals surface area (Å²) in [6.07, 6.45) is 0.0614. The van der Waals surface area contributed by atoms with Gasteiger partial charge in [0.15, 0.2) is 0 Å². The molecule has 0 aliphatic heterocycles. The third-order valence-electron chi connectivity index (χ3n) is 3.42. The summed E-state index contributed by atoms with van der Waals surface area (Å²) in [4.78, 5) is 0. The molecule has 0 spiro atoms. The Kier molecular flexibility index (Phi) is 4.64. The number of hydrogen-bond donors (Lipinski definition) is 1. The second-order valence-electron chi connectivity index (χ2n) is 4.79. The predicted molar refractivity (Wildman–Crippen MR) is 79.4 cm³/mol. The van der Waals surface area contributed by atoms with Crippen LogP contribution >= 0.6 is 0 Å². The maximum atomic E-state index is 10.4. The Morgan fingerprint density at radius 3 is 2.10 bits per heavy atom. The molecule has 2 aromatic carbocycles. The van der Waals surface area contributed by atoms with Gasteiger partial charge in [0.25, 0.3) is 0 Å². The molecule has 2 rings (SSSR count). The second-order valence-corrected chi connectivity index (χ2v) is 4.79. The average Bonchev–Trinajstić information content (AvgIpc) is 2.47. The number of aliphatic hydroxyl groups excluding tert-OH is 1. The van der Waals surface area contributed by atoms with Gasteiger partial charge in [0.1, 0.15) is 11.5 Å². The zero-order valence-electron chi connectivity index (χ0n) is 12.1. The molecule has 20 heavy (non-hydrogen) atoms. The molecule has 1 N–H and O–H groups in total. The Labute approximate surface area is 119 Å². The minimum Gasteiger partial charge on any atom is -0.497 e. The van der Waals surface area contributed by atoms with Gasteiger partial charge in [-0.3, -0.25) is 0 Å². The number of hydrogen-bond acceptors (Lipinski definition) is 3. The van der Waals surface area contributed by atoms with Crippen molar-refractivity contribution < 1.29 is 14.6 Å². The monoisotopic (exact) mass is 272 g/mol. The summed E-state index contributed by atoms with van der Waals surface area (Å²) >= 11 is 0. The van der Waals surface area contributed by atoms with Crippen LogP contribution in [0.2, 0.25) is 0 Å². The van der Waals surface area contributed by atoms with E-state index >= 15 is 0 Å². The fourth-order valence-electron chi connectivity index (χ4n) is 2.24. The summed E-state index contributed by atoms with van der Waals surface area (Å²) in [7, 11) is 3.28. The van der Waals surface area contributed by atoms with Crippen LogP contribution < -0.4 is 9.47 Å². The molecule has 3 heteroatoms. The molecular weight excluding hydrogens is 252 g/mol. The van der Waals surface area contributed by atoms with E-state index < -0.39 is 6.10 Å². The Hall–Kier alpha value is -2.00. The van der Waals surface area contributed by atoms with Crippen molar-refractivity contribution in [3.05, 3.63) is 59.2 Å². The molecule has 1 atom stereocenters. The normalized spacial score (nSPS) is 12.0. The molecule has 0 heterocycles. The highest BCUT2D eigenvalue weighted by Crippen LogP contribution is 2.25. The van der Waals surface area contributed by atoms with Crippen molar-refractivity contribution in [2.75, 3.05) is 14.2 Å². The minimum atomic E-state index is -0.519. The van der Waals surface area contributed by atoms with Gasteiger partial charge in [0.05, 0.1) is 20.3 Å². The Morgan fingerprint density at radius 2 is 1.55 bits per heavy atom. The molecule has 1 unspecified atom stereocenters. The topological polar surface area (TPSA) is 38.7 Å². The van der Waals surface area contributed by atoms with Gasteiger partial charge in [-0.2, -0.15) is 0 Å². The summed E-state index contributed by atoms with van der Waals surface area (Å²) in [5.74, 6) is 1.63. The third kappa shape index (κ3) is 3.31. The van der Waals surface area contributed by atoms with Crippen molar-refractivity contribution in [2.45, 2.75) is 19.4 Å².